The van der Waals surface area contributed by atoms with Crippen molar-refractivity contribution in [1.82, 2.24) is 4.23 Å². The zero-order valence-electron chi connectivity index (χ0n) is 21.0. The number of hydrogen-bond donors (Lipinski definition) is 0. The summed E-state index contributed by atoms with van der Waals surface area (Å²) in [6, 6.07) is 0.938. The molecule has 0 N–H and O–H groups in total. The van der Waals surface area contributed by atoms with Gasteiger partial charge in [0.15, 0.2) is 0 Å². The quantitative estimate of drug-likeness (QED) is 0.197. The van der Waals surface area contributed by atoms with Crippen molar-refractivity contribution >= 4 is 26.0 Å². The van der Waals surface area contributed by atoms with Gasteiger partial charge in [0.1, 0.15) is 8.24 Å². The summed E-state index contributed by atoms with van der Waals surface area (Å²) < 4.78 is 18.9. The molecule has 0 aromatic carbocycles. The molecule has 0 saturated carbocycles. The lowest BCUT2D eigenvalue weighted by atomic mass is 10.1. The molecule has 0 atom stereocenters. The third-order valence-corrected chi connectivity index (χ3v) is 16.0. The molecule has 0 aromatic heterocycles. The first kappa shape index (κ1) is 30.7. The molecule has 0 saturated heterocycles. The fourth-order valence-electron chi connectivity index (χ4n) is 3.16. The van der Waals surface area contributed by atoms with Crippen molar-refractivity contribution in [2.24, 2.45) is 0 Å². The molecule has 0 bridgehead atoms. The van der Waals surface area contributed by atoms with Crippen LogP contribution < -0.4 is 0 Å². The third kappa shape index (κ3) is 16.3. The van der Waals surface area contributed by atoms with Crippen LogP contribution in [0.1, 0.15) is 71.1 Å². The first-order valence-corrected chi connectivity index (χ1v) is 19.7. The minimum Gasteiger partial charge on any atom is -0.377 e. The van der Waals surface area contributed by atoms with Crippen molar-refractivity contribution in [1.29, 1.82) is 0 Å². The topological polar surface area (TPSA) is 30.9 Å². The minimum atomic E-state index is -2.31. The zero-order chi connectivity index (χ0) is 22.1. The van der Waals surface area contributed by atoms with Gasteiger partial charge in [-0.25, -0.2) is 0 Å². The summed E-state index contributed by atoms with van der Waals surface area (Å²) >= 11 is 0. The van der Waals surface area contributed by atoms with E-state index in [4.69, 9.17) is 13.3 Å². The highest BCUT2D eigenvalue weighted by molar-refractivity contribution is 6.82. The van der Waals surface area contributed by atoms with Crippen LogP contribution in [0.5, 0.6) is 0 Å². The second-order valence-electron chi connectivity index (χ2n) is 9.10. The van der Waals surface area contributed by atoms with Gasteiger partial charge in [-0.15, -0.1) is 0 Å². The molecule has 0 fully saturated rings. The van der Waals surface area contributed by atoms with Crippen LogP contribution in [0.25, 0.3) is 0 Å². The summed E-state index contributed by atoms with van der Waals surface area (Å²) in [5.41, 5.74) is 0. The van der Waals surface area contributed by atoms with E-state index in [1.807, 2.05) is 0 Å². The number of hydrogen-bond acceptors (Lipinski definition) is 4. The average molecular weight is 452 g/mol. The third-order valence-electron chi connectivity index (χ3n) is 5.60. The Bertz CT molecular complexity index is 327. The number of rotatable bonds is 16. The molecule has 0 aromatic rings. The van der Waals surface area contributed by atoms with Crippen LogP contribution in [0, 0.1) is 0 Å². The van der Waals surface area contributed by atoms with Gasteiger partial charge in [0.2, 0.25) is 0 Å². The van der Waals surface area contributed by atoms with Gasteiger partial charge >= 0.3 is 8.80 Å². The Morgan fingerprint density at radius 3 is 1.29 bits per heavy atom. The lowest BCUT2D eigenvalue weighted by molar-refractivity contribution is 0.122. The van der Waals surface area contributed by atoms with Crippen LogP contribution in [0.3, 0.4) is 0 Å². The molecule has 0 aliphatic carbocycles. The highest BCUT2D eigenvalue weighted by Gasteiger charge is 2.36. The molecule has 0 rings (SSSR count). The highest BCUT2D eigenvalue weighted by Crippen LogP contribution is 2.18. The summed E-state index contributed by atoms with van der Waals surface area (Å²) in [7, 11) is 3.62. The van der Waals surface area contributed by atoms with Gasteiger partial charge in [0.05, 0.1) is 8.96 Å². The van der Waals surface area contributed by atoms with Gasteiger partial charge in [-0.3, -0.25) is 0 Å². The molecule has 172 valence electrons. The molecule has 7 heteroatoms. The van der Waals surface area contributed by atoms with Gasteiger partial charge in [-0.05, 0) is 13.5 Å². The number of nitrogens with zero attached hydrogens (tertiary/aromatic N) is 1. The minimum absolute atomic E-state index is 0.495. The van der Waals surface area contributed by atoms with Gasteiger partial charge < -0.3 is 17.5 Å². The summed E-state index contributed by atoms with van der Waals surface area (Å²) in [5.74, 6) is 0. The Labute approximate surface area is 181 Å². The molecule has 0 unspecified atom stereocenters. The van der Waals surface area contributed by atoms with E-state index < -0.39 is 26.0 Å². The molecular formula is C21H53NO3Si3. The Morgan fingerprint density at radius 1 is 0.679 bits per heavy atom. The fraction of sp³-hybridized carbons (Fsp3) is 1.00. The van der Waals surface area contributed by atoms with Crippen molar-refractivity contribution in [2.75, 3.05) is 28.4 Å². The average Bonchev–Trinajstić information content (AvgIpc) is 2.66. The molecule has 0 aliphatic rings. The van der Waals surface area contributed by atoms with E-state index in [1.165, 1.54) is 57.8 Å². The Morgan fingerprint density at radius 2 is 1.04 bits per heavy atom. The standard InChI is InChI=1S/C15H34O3Si.C6H19NSi2/c1-5-6-7-8-9-10-11-12-13-14-15-19(16-2,17-3)18-4;1-7(8(2)3)9(4,5)6/h5-15H2,1-4H3;8H,1-6H3. The SMILES string of the molecule is CCCCCCCCCCCC[Si](OC)(OC)OC.CN([SiH](C)C)[Si](C)(C)C. The van der Waals surface area contributed by atoms with E-state index in [2.05, 4.69) is 50.9 Å². The van der Waals surface area contributed by atoms with E-state index in [9.17, 15) is 0 Å². The molecule has 0 amide bonds. The predicted molar refractivity (Wildman–Crippen MR) is 133 cm³/mol. The van der Waals surface area contributed by atoms with Gasteiger partial charge in [-0.1, -0.05) is 97.4 Å². The fourth-order valence-corrected chi connectivity index (χ4v) is 11.2. The summed E-state index contributed by atoms with van der Waals surface area (Å²) in [4.78, 5) is 0. The van der Waals surface area contributed by atoms with Gasteiger partial charge in [-0.2, -0.15) is 0 Å². The van der Waals surface area contributed by atoms with E-state index >= 15 is 0 Å². The van der Waals surface area contributed by atoms with Gasteiger partial charge in [0, 0.05) is 27.4 Å². The molecule has 0 spiro atoms. The lowest BCUT2D eigenvalue weighted by Gasteiger charge is -2.33. The molecule has 4 nitrogen and oxygen atoms in total. The van der Waals surface area contributed by atoms with Crippen LogP contribution >= 0.6 is 0 Å². The summed E-state index contributed by atoms with van der Waals surface area (Å²) in [5, 5.41) is 0. The maximum absolute atomic E-state index is 5.41. The Hall–Kier alpha value is 0.491. The van der Waals surface area contributed by atoms with Gasteiger partial charge in [0.25, 0.3) is 0 Å². The van der Waals surface area contributed by atoms with Crippen molar-refractivity contribution in [3.63, 3.8) is 0 Å². The summed E-state index contributed by atoms with van der Waals surface area (Å²) in [6.45, 7) is 14.2. The monoisotopic (exact) mass is 451 g/mol. The zero-order valence-corrected chi connectivity index (χ0v) is 24.2. The normalized spacial score (nSPS) is 12.4. The van der Waals surface area contributed by atoms with Crippen molar-refractivity contribution in [3.05, 3.63) is 0 Å². The van der Waals surface area contributed by atoms with Crippen LogP contribution in [-0.4, -0.2) is 58.6 Å². The van der Waals surface area contributed by atoms with E-state index in [1.54, 1.807) is 21.3 Å². The maximum Gasteiger partial charge on any atom is 0.500 e. The summed E-state index contributed by atoms with van der Waals surface area (Å²) in [6.07, 6.45) is 13.5. The molecular weight excluding hydrogens is 398 g/mol. The van der Waals surface area contributed by atoms with Crippen molar-refractivity contribution < 1.29 is 13.3 Å². The Kier molecular flexibility index (Phi) is 20.0. The lowest BCUT2D eigenvalue weighted by Crippen LogP contribution is -2.49. The maximum atomic E-state index is 5.41. The number of unbranched alkanes of at least 4 members (excludes halogenated alkanes) is 9. The first-order chi connectivity index (χ1) is 13.1. The second kappa shape index (κ2) is 18.3. The Balaban J connectivity index is 0. The van der Waals surface area contributed by atoms with E-state index in [0.29, 0.717) is 0 Å². The largest absolute Gasteiger partial charge is 0.500 e. The molecule has 0 aliphatic heterocycles. The van der Waals surface area contributed by atoms with Crippen LogP contribution in [0.4, 0.5) is 0 Å². The smallest absolute Gasteiger partial charge is 0.377 e. The first-order valence-electron chi connectivity index (χ1n) is 11.5. The highest BCUT2D eigenvalue weighted by atomic mass is 28.4. The van der Waals surface area contributed by atoms with Crippen molar-refractivity contribution in [2.45, 2.75) is 110 Å². The van der Waals surface area contributed by atoms with Crippen LogP contribution in [0.2, 0.25) is 38.8 Å². The molecule has 0 heterocycles. The van der Waals surface area contributed by atoms with E-state index in [0.717, 1.165) is 12.5 Å². The second-order valence-corrected chi connectivity index (χ2v) is 20.7. The molecule has 0 radical (unpaired) electrons. The van der Waals surface area contributed by atoms with Crippen LogP contribution in [-0.2, 0) is 13.3 Å². The van der Waals surface area contributed by atoms with Crippen molar-refractivity contribution in [3.8, 4) is 0 Å². The van der Waals surface area contributed by atoms with E-state index in [-0.39, 0.29) is 0 Å². The molecule has 28 heavy (non-hydrogen) atoms. The predicted octanol–water partition coefficient (Wildman–Crippen LogP) is 6.52. The van der Waals surface area contributed by atoms with Crippen LogP contribution in [0.15, 0.2) is 0 Å².